The van der Waals surface area contributed by atoms with Crippen LogP contribution in [0.1, 0.15) is 41.4 Å². The van der Waals surface area contributed by atoms with Gasteiger partial charge in [-0.05, 0) is 55.2 Å². The number of ether oxygens (including phenoxy) is 2. The van der Waals surface area contributed by atoms with Gasteiger partial charge in [0.1, 0.15) is 5.82 Å². The zero-order valence-corrected chi connectivity index (χ0v) is 20.0. The van der Waals surface area contributed by atoms with Crippen molar-refractivity contribution in [2.45, 2.75) is 32.7 Å². The van der Waals surface area contributed by atoms with E-state index in [0.29, 0.717) is 54.3 Å². The van der Waals surface area contributed by atoms with Crippen LogP contribution in [0.25, 0.3) is 0 Å². The van der Waals surface area contributed by atoms with Gasteiger partial charge in [0.25, 0.3) is 5.91 Å². The highest BCUT2D eigenvalue weighted by atomic mass is 19.1. The summed E-state index contributed by atoms with van der Waals surface area (Å²) in [5.41, 5.74) is 2.12. The van der Waals surface area contributed by atoms with Gasteiger partial charge >= 0.3 is 0 Å². The number of rotatable bonds is 5. The van der Waals surface area contributed by atoms with Gasteiger partial charge in [-0.25, -0.2) is 9.37 Å². The number of carbonyl (C=O) groups is 1. The van der Waals surface area contributed by atoms with Crippen LogP contribution in [-0.2, 0) is 13.0 Å². The molecule has 0 aliphatic carbocycles. The molecule has 0 saturated carbocycles. The van der Waals surface area contributed by atoms with E-state index in [0.717, 1.165) is 37.2 Å². The largest absolute Gasteiger partial charge is 0.493 e. The normalized spacial score (nSPS) is 16.1. The van der Waals surface area contributed by atoms with E-state index in [4.69, 9.17) is 19.4 Å². The van der Waals surface area contributed by atoms with E-state index in [2.05, 4.69) is 11.8 Å². The Bertz CT molecular complexity index is 1210. The molecule has 182 valence electrons. The highest BCUT2D eigenvalue weighted by molar-refractivity contribution is 5.94. The third kappa shape index (κ3) is 4.92. The molecule has 1 saturated heterocycles. The number of hydrogen-bond acceptors (Lipinski definition) is 6. The maximum Gasteiger partial charge on any atom is 0.254 e. The van der Waals surface area contributed by atoms with Gasteiger partial charge < -0.3 is 19.3 Å². The molecule has 1 fully saturated rings. The minimum absolute atomic E-state index is 0.159. The Morgan fingerprint density at radius 1 is 1.00 bits per heavy atom. The van der Waals surface area contributed by atoms with Crippen molar-refractivity contribution in [2.24, 2.45) is 5.92 Å². The number of para-hydroxylation sites is 2. The molecule has 7 nitrogen and oxygen atoms in total. The number of hydrogen-bond donors (Lipinski definition) is 0. The molecule has 3 aromatic rings. The number of benzene rings is 2. The summed E-state index contributed by atoms with van der Waals surface area (Å²) in [6.07, 6.45) is 2.79. The smallest absolute Gasteiger partial charge is 0.254 e. The molecule has 0 unspecified atom stereocenters. The Labute approximate surface area is 204 Å². The van der Waals surface area contributed by atoms with Crippen molar-refractivity contribution in [3.63, 3.8) is 0 Å². The Hall–Kier alpha value is -3.68. The van der Waals surface area contributed by atoms with E-state index in [1.165, 1.54) is 24.3 Å². The number of aromatic nitrogens is 2. The quantitative estimate of drug-likeness (QED) is 0.524. The van der Waals surface area contributed by atoms with Gasteiger partial charge in [-0.3, -0.25) is 4.79 Å². The van der Waals surface area contributed by atoms with Crippen molar-refractivity contribution in [3.8, 4) is 17.4 Å². The van der Waals surface area contributed by atoms with E-state index >= 15 is 0 Å². The van der Waals surface area contributed by atoms with E-state index in [1.807, 2.05) is 24.3 Å². The van der Waals surface area contributed by atoms with Crippen LogP contribution in [0.4, 0.5) is 10.3 Å². The highest BCUT2D eigenvalue weighted by Gasteiger charge is 2.29. The lowest BCUT2D eigenvalue weighted by Gasteiger charge is -2.33. The summed E-state index contributed by atoms with van der Waals surface area (Å²) in [5.74, 6) is 2.42. The van der Waals surface area contributed by atoms with Crippen LogP contribution >= 0.6 is 0 Å². The molecular formula is C27H29FN4O3. The first-order chi connectivity index (χ1) is 17.0. The lowest BCUT2D eigenvalue weighted by molar-refractivity contribution is 0.0732. The summed E-state index contributed by atoms with van der Waals surface area (Å²) >= 11 is 0. The Kier molecular flexibility index (Phi) is 6.53. The van der Waals surface area contributed by atoms with Gasteiger partial charge in [-0.15, -0.1) is 0 Å². The average Bonchev–Trinajstić information content (AvgIpc) is 2.89. The molecule has 0 spiro atoms. The van der Waals surface area contributed by atoms with Gasteiger partial charge in [0, 0.05) is 31.6 Å². The molecule has 5 rings (SSSR count). The molecular weight excluding hydrogens is 447 g/mol. The van der Waals surface area contributed by atoms with Gasteiger partial charge in [0.15, 0.2) is 11.5 Å². The van der Waals surface area contributed by atoms with Crippen LogP contribution in [0.5, 0.6) is 17.4 Å². The maximum absolute atomic E-state index is 13.4. The van der Waals surface area contributed by atoms with Gasteiger partial charge in [0.05, 0.1) is 24.9 Å². The first kappa shape index (κ1) is 23.1. The van der Waals surface area contributed by atoms with Gasteiger partial charge in [-0.2, -0.15) is 4.98 Å². The number of carbonyl (C=O) groups excluding carboxylic acids is 1. The highest BCUT2D eigenvalue weighted by Crippen LogP contribution is 2.36. The minimum Gasteiger partial charge on any atom is -0.493 e. The summed E-state index contributed by atoms with van der Waals surface area (Å²) < 4.78 is 25.1. The summed E-state index contributed by atoms with van der Waals surface area (Å²) in [6, 6.07) is 13.0. The number of piperidine rings is 1. The van der Waals surface area contributed by atoms with Crippen molar-refractivity contribution < 1.29 is 18.7 Å². The Morgan fingerprint density at radius 2 is 1.71 bits per heavy atom. The predicted octanol–water partition coefficient (Wildman–Crippen LogP) is 4.85. The fourth-order valence-electron chi connectivity index (χ4n) is 4.56. The summed E-state index contributed by atoms with van der Waals surface area (Å²) in [7, 11) is 1.60. The minimum atomic E-state index is -0.369. The monoisotopic (exact) mass is 476 g/mol. The van der Waals surface area contributed by atoms with Crippen LogP contribution in [0, 0.1) is 11.7 Å². The summed E-state index contributed by atoms with van der Waals surface area (Å²) in [5, 5.41) is 0. The van der Waals surface area contributed by atoms with Crippen LogP contribution in [0.15, 0.2) is 48.5 Å². The van der Waals surface area contributed by atoms with Crippen LogP contribution < -0.4 is 14.4 Å². The first-order valence-corrected chi connectivity index (χ1v) is 12.0. The van der Waals surface area contributed by atoms with Gasteiger partial charge in [0.2, 0.25) is 11.8 Å². The first-order valence-electron chi connectivity index (χ1n) is 12.0. The summed E-state index contributed by atoms with van der Waals surface area (Å²) in [4.78, 5) is 26.8. The topological polar surface area (TPSA) is 67.8 Å². The van der Waals surface area contributed by atoms with E-state index in [1.54, 1.807) is 12.0 Å². The average molecular weight is 477 g/mol. The van der Waals surface area contributed by atoms with Crippen molar-refractivity contribution in [1.29, 1.82) is 0 Å². The van der Waals surface area contributed by atoms with Crippen LogP contribution in [0.2, 0.25) is 0 Å². The second-order valence-electron chi connectivity index (χ2n) is 9.16. The molecule has 0 bridgehead atoms. The predicted molar refractivity (Wildman–Crippen MR) is 131 cm³/mol. The zero-order valence-electron chi connectivity index (χ0n) is 20.0. The van der Waals surface area contributed by atoms with Crippen LogP contribution in [0.3, 0.4) is 0 Å². The van der Waals surface area contributed by atoms with Crippen molar-refractivity contribution >= 4 is 11.9 Å². The molecule has 8 heteroatoms. The Balaban J connectivity index is 1.49. The SMILES string of the molecule is COc1ccccc1Oc1nc(N2CCC(C)CC2)nc2c1CN(C(=O)c1ccc(F)cc1)CC2. The molecule has 1 aromatic heterocycles. The fraction of sp³-hybridized carbons (Fsp3) is 0.370. The lowest BCUT2D eigenvalue weighted by atomic mass is 9.99. The summed E-state index contributed by atoms with van der Waals surface area (Å²) in [6.45, 7) is 4.92. The number of anilines is 1. The van der Waals surface area contributed by atoms with E-state index < -0.39 is 0 Å². The number of amides is 1. The second-order valence-corrected chi connectivity index (χ2v) is 9.16. The number of fused-ring (bicyclic) bond motifs is 1. The third-order valence-electron chi connectivity index (χ3n) is 6.73. The molecule has 3 heterocycles. The number of nitrogens with zero attached hydrogens (tertiary/aromatic N) is 4. The maximum atomic E-state index is 13.4. The van der Waals surface area contributed by atoms with Crippen LogP contribution in [-0.4, -0.2) is 47.5 Å². The molecule has 1 amide bonds. The molecule has 2 aromatic carbocycles. The third-order valence-corrected chi connectivity index (χ3v) is 6.73. The Morgan fingerprint density at radius 3 is 2.43 bits per heavy atom. The molecule has 0 N–H and O–H groups in total. The molecule has 2 aliphatic heterocycles. The van der Waals surface area contributed by atoms with Gasteiger partial charge in [-0.1, -0.05) is 19.1 Å². The van der Waals surface area contributed by atoms with E-state index in [9.17, 15) is 9.18 Å². The number of halogens is 1. The molecule has 35 heavy (non-hydrogen) atoms. The van der Waals surface area contributed by atoms with Crippen molar-refractivity contribution in [3.05, 3.63) is 71.2 Å². The lowest BCUT2D eigenvalue weighted by Crippen LogP contribution is -2.38. The molecule has 0 atom stereocenters. The number of methoxy groups -OCH3 is 1. The van der Waals surface area contributed by atoms with E-state index in [-0.39, 0.29) is 11.7 Å². The second kappa shape index (κ2) is 9.90. The van der Waals surface area contributed by atoms with Crippen molar-refractivity contribution in [1.82, 2.24) is 14.9 Å². The van der Waals surface area contributed by atoms with Crippen molar-refractivity contribution in [2.75, 3.05) is 31.6 Å². The molecule has 0 radical (unpaired) electrons. The molecule has 2 aliphatic rings. The standard InChI is InChI=1S/C27H29FN4O3/c1-18-11-14-31(15-12-18)27-29-22-13-16-32(26(33)19-7-9-20(28)10-8-19)17-21(22)25(30-27)35-24-6-4-3-5-23(24)34-2/h3-10,18H,11-17H2,1-2H3. The zero-order chi connectivity index (χ0) is 24.4. The fourth-order valence-corrected chi connectivity index (χ4v) is 4.56.